The van der Waals surface area contributed by atoms with Crippen molar-refractivity contribution in [1.29, 1.82) is 0 Å². The summed E-state index contributed by atoms with van der Waals surface area (Å²) in [5.74, 6) is -1.20. The number of rotatable bonds is 6. The lowest BCUT2D eigenvalue weighted by Gasteiger charge is -2.17. The average molecular weight is 271 g/mol. The summed E-state index contributed by atoms with van der Waals surface area (Å²) in [6.07, 6.45) is 2.52. The van der Waals surface area contributed by atoms with Crippen LogP contribution >= 0.6 is 0 Å². The van der Waals surface area contributed by atoms with E-state index in [-0.39, 0.29) is 5.91 Å². The van der Waals surface area contributed by atoms with Crippen molar-refractivity contribution in [3.8, 4) is 0 Å². The minimum atomic E-state index is -1.06. The molecular weight excluding hydrogens is 250 g/mol. The third-order valence-corrected chi connectivity index (χ3v) is 3.18. The minimum absolute atomic E-state index is 0.143. The molecule has 0 aliphatic carbocycles. The van der Waals surface area contributed by atoms with Crippen LogP contribution in [0.15, 0.2) is 0 Å². The van der Waals surface area contributed by atoms with Crippen LogP contribution in [0.25, 0.3) is 0 Å². The molecule has 0 spiro atoms. The maximum absolute atomic E-state index is 11.7. The number of carboxylic acids is 1. The fourth-order valence-electron chi connectivity index (χ4n) is 1.98. The highest BCUT2D eigenvalue weighted by atomic mass is 16.4. The van der Waals surface area contributed by atoms with E-state index >= 15 is 0 Å². The van der Waals surface area contributed by atoms with Gasteiger partial charge in [0.1, 0.15) is 12.1 Å². The molecule has 1 heterocycles. The molecule has 7 heteroatoms. The van der Waals surface area contributed by atoms with Crippen LogP contribution in [0.3, 0.4) is 0 Å². The predicted molar refractivity (Wildman–Crippen MR) is 68.7 cm³/mol. The first-order chi connectivity index (χ1) is 8.95. The molecular formula is C12H21N3O4. The Balaban J connectivity index is 2.44. The second-order valence-corrected chi connectivity index (χ2v) is 4.75. The normalized spacial score (nSPS) is 20.2. The molecule has 1 aliphatic heterocycles. The summed E-state index contributed by atoms with van der Waals surface area (Å²) >= 11 is 0. The van der Waals surface area contributed by atoms with Crippen LogP contribution in [-0.4, -0.2) is 53.6 Å². The molecule has 1 saturated heterocycles. The Morgan fingerprint density at radius 1 is 1.53 bits per heavy atom. The highest BCUT2D eigenvalue weighted by Gasteiger charge is 2.31. The van der Waals surface area contributed by atoms with E-state index in [4.69, 9.17) is 5.11 Å². The number of amides is 3. The Bertz CT molecular complexity index is 359. The van der Waals surface area contributed by atoms with Crippen molar-refractivity contribution in [2.24, 2.45) is 0 Å². The summed E-state index contributed by atoms with van der Waals surface area (Å²) in [6.45, 7) is 2.55. The molecule has 1 unspecified atom stereocenters. The highest BCUT2D eigenvalue weighted by Crippen LogP contribution is 2.08. The van der Waals surface area contributed by atoms with Crippen LogP contribution in [-0.2, 0) is 9.59 Å². The fraction of sp³-hybridized carbons (Fsp3) is 0.750. The number of likely N-dealkylation sites (tertiary alicyclic amines) is 1. The summed E-state index contributed by atoms with van der Waals surface area (Å²) in [7, 11) is 1.67. The molecule has 3 amide bonds. The molecule has 0 bridgehead atoms. The fourth-order valence-corrected chi connectivity index (χ4v) is 1.98. The van der Waals surface area contributed by atoms with Gasteiger partial charge in [-0.1, -0.05) is 19.8 Å². The highest BCUT2D eigenvalue weighted by molar-refractivity contribution is 5.89. The summed E-state index contributed by atoms with van der Waals surface area (Å²) in [5.41, 5.74) is 0. The number of carbonyl (C=O) groups is 3. The molecule has 1 aliphatic rings. The van der Waals surface area contributed by atoms with E-state index in [9.17, 15) is 14.4 Å². The molecule has 0 aromatic heterocycles. The molecule has 0 radical (unpaired) electrons. The lowest BCUT2D eigenvalue weighted by Crippen LogP contribution is -2.50. The Morgan fingerprint density at radius 3 is 2.68 bits per heavy atom. The van der Waals surface area contributed by atoms with Crippen molar-refractivity contribution in [2.45, 2.75) is 44.7 Å². The van der Waals surface area contributed by atoms with Crippen LogP contribution in [0.4, 0.5) is 4.79 Å². The standard InChI is InChI=1S/C12H21N3O4/c1-3-4-5-9(11(17)18)14-12(19)13-8-6-7-15(2)10(8)16/h8-9H,3-7H2,1-2H3,(H,17,18)(H2,13,14,19)/t8?,9-/m0/s1. The first kappa shape index (κ1) is 15.3. The molecule has 3 N–H and O–H groups in total. The molecule has 2 atom stereocenters. The number of carbonyl (C=O) groups excluding carboxylic acids is 2. The number of urea groups is 1. The van der Waals surface area contributed by atoms with Gasteiger partial charge in [-0.05, 0) is 12.8 Å². The molecule has 1 rings (SSSR count). The average Bonchev–Trinajstić information content (AvgIpc) is 2.66. The van der Waals surface area contributed by atoms with Gasteiger partial charge in [0.15, 0.2) is 0 Å². The zero-order valence-corrected chi connectivity index (χ0v) is 11.3. The minimum Gasteiger partial charge on any atom is -0.480 e. The molecule has 0 aromatic rings. The van der Waals surface area contributed by atoms with E-state index in [1.807, 2.05) is 6.92 Å². The van der Waals surface area contributed by atoms with Crippen LogP contribution in [0.1, 0.15) is 32.6 Å². The van der Waals surface area contributed by atoms with Gasteiger partial charge in [-0.3, -0.25) is 4.79 Å². The Labute approximate surface area is 112 Å². The summed E-state index contributed by atoms with van der Waals surface area (Å²) in [5, 5.41) is 13.9. The SMILES string of the molecule is CCCC[C@H](NC(=O)NC1CCN(C)C1=O)C(=O)O. The monoisotopic (exact) mass is 271 g/mol. The maximum atomic E-state index is 11.7. The molecule has 7 nitrogen and oxygen atoms in total. The van der Waals surface area contributed by atoms with Crippen molar-refractivity contribution < 1.29 is 19.5 Å². The summed E-state index contributed by atoms with van der Waals surface area (Å²) in [6, 6.07) is -2.06. The number of nitrogens with one attached hydrogen (secondary N) is 2. The van der Waals surface area contributed by atoms with Crippen molar-refractivity contribution in [1.82, 2.24) is 15.5 Å². The number of hydrogen-bond donors (Lipinski definition) is 3. The summed E-state index contributed by atoms with van der Waals surface area (Å²) in [4.78, 5) is 35.8. The van der Waals surface area contributed by atoms with Crippen molar-refractivity contribution in [3.63, 3.8) is 0 Å². The Morgan fingerprint density at radius 2 is 2.21 bits per heavy atom. The number of nitrogens with zero attached hydrogens (tertiary/aromatic N) is 1. The number of hydrogen-bond acceptors (Lipinski definition) is 3. The van der Waals surface area contributed by atoms with E-state index in [2.05, 4.69) is 10.6 Å². The Hall–Kier alpha value is -1.79. The van der Waals surface area contributed by atoms with Gasteiger partial charge in [-0.15, -0.1) is 0 Å². The van der Waals surface area contributed by atoms with E-state index in [1.165, 1.54) is 4.90 Å². The van der Waals surface area contributed by atoms with Crippen molar-refractivity contribution in [2.75, 3.05) is 13.6 Å². The predicted octanol–water partition coefficient (Wildman–Crippen LogP) is 0.160. The molecule has 108 valence electrons. The topological polar surface area (TPSA) is 98.7 Å². The second kappa shape index (κ2) is 6.96. The van der Waals surface area contributed by atoms with Crippen LogP contribution in [0.2, 0.25) is 0 Å². The zero-order chi connectivity index (χ0) is 14.4. The maximum Gasteiger partial charge on any atom is 0.326 e. The first-order valence-electron chi connectivity index (χ1n) is 6.50. The van der Waals surface area contributed by atoms with Gasteiger partial charge in [-0.2, -0.15) is 0 Å². The van der Waals surface area contributed by atoms with E-state index in [1.54, 1.807) is 7.05 Å². The largest absolute Gasteiger partial charge is 0.480 e. The third kappa shape index (κ3) is 4.42. The molecule has 19 heavy (non-hydrogen) atoms. The van der Waals surface area contributed by atoms with Gasteiger partial charge in [0.2, 0.25) is 5.91 Å². The van der Waals surface area contributed by atoms with Crippen LogP contribution in [0, 0.1) is 0 Å². The number of carboxylic acid groups (broad SMARTS) is 1. The smallest absolute Gasteiger partial charge is 0.326 e. The zero-order valence-electron chi connectivity index (χ0n) is 11.3. The van der Waals surface area contributed by atoms with E-state index in [0.29, 0.717) is 19.4 Å². The molecule has 1 fully saturated rings. The lowest BCUT2D eigenvalue weighted by atomic mass is 10.1. The van der Waals surface area contributed by atoms with Crippen LogP contribution < -0.4 is 10.6 Å². The first-order valence-corrected chi connectivity index (χ1v) is 6.50. The van der Waals surface area contributed by atoms with Gasteiger partial charge in [0.25, 0.3) is 0 Å². The van der Waals surface area contributed by atoms with Gasteiger partial charge < -0.3 is 20.6 Å². The van der Waals surface area contributed by atoms with Gasteiger partial charge in [-0.25, -0.2) is 9.59 Å². The van der Waals surface area contributed by atoms with Crippen molar-refractivity contribution >= 4 is 17.9 Å². The van der Waals surface area contributed by atoms with Gasteiger partial charge >= 0.3 is 12.0 Å². The van der Waals surface area contributed by atoms with Gasteiger partial charge in [0, 0.05) is 13.6 Å². The quantitative estimate of drug-likeness (QED) is 0.641. The second-order valence-electron chi connectivity index (χ2n) is 4.75. The van der Waals surface area contributed by atoms with Crippen LogP contribution in [0.5, 0.6) is 0 Å². The summed E-state index contributed by atoms with van der Waals surface area (Å²) < 4.78 is 0. The van der Waals surface area contributed by atoms with E-state index in [0.717, 1.165) is 12.8 Å². The number of aliphatic carboxylic acids is 1. The molecule has 0 saturated carbocycles. The third-order valence-electron chi connectivity index (χ3n) is 3.18. The van der Waals surface area contributed by atoms with Gasteiger partial charge in [0.05, 0.1) is 0 Å². The molecule has 0 aromatic carbocycles. The van der Waals surface area contributed by atoms with Crippen molar-refractivity contribution in [3.05, 3.63) is 0 Å². The Kier molecular flexibility index (Phi) is 5.59. The lowest BCUT2D eigenvalue weighted by molar-refractivity contribution is -0.139. The van der Waals surface area contributed by atoms with E-state index < -0.39 is 24.1 Å². The number of unbranched alkanes of at least 4 members (excludes halogenated alkanes) is 1. The number of likely N-dealkylation sites (N-methyl/N-ethyl adjacent to an activating group) is 1.